The summed E-state index contributed by atoms with van der Waals surface area (Å²) in [5.74, 6) is 0.468. The number of hydrogen-bond donors (Lipinski definition) is 1. The highest BCUT2D eigenvalue weighted by Crippen LogP contribution is 2.33. The van der Waals surface area contributed by atoms with Crippen molar-refractivity contribution in [2.45, 2.75) is 57.7 Å². The first kappa shape index (κ1) is 16.5. The maximum atomic E-state index is 13.0. The van der Waals surface area contributed by atoms with Gasteiger partial charge in [0.15, 0.2) is 0 Å². The van der Waals surface area contributed by atoms with Gasteiger partial charge in [0, 0.05) is 18.3 Å². The van der Waals surface area contributed by atoms with Gasteiger partial charge in [-0.3, -0.25) is 9.69 Å². The van der Waals surface area contributed by atoms with Crippen LogP contribution in [0.1, 0.15) is 38.7 Å². The zero-order valence-electron chi connectivity index (χ0n) is 14.4. The predicted octanol–water partition coefficient (Wildman–Crippen LogP) is 2.45. The lowest BCUT2D eigenvalue weighted by atomic mass is 10.0. The van der Waals surface area contributed by atoms with Gasteiger partial charge in [0.05, 0.1) is 12.1 Å². The second-order valence-electron chi connectivity index (χ2n) is 7.26. The quantitative estimate of drug-likeness (QED) is 0.928. The van der Waals surface area contributed by atoms with Crippen molar-refractivity contribution < 1.29 is 9.90 Å². The maximum Gasteiger partial charge on any atom is 0.244 e. The normalized spacial score (nSPS) is 28.2. The van der Waals surface area contributed by atoms with Crippen LogP contribution in [0.4, 0.5) is 5.69 Å². The van der Waals surface area contributed by atoms with Gasteiger partial charge in [-0.15, -0.1) is 0 Å². The molecule has 1 aromatic rings. The van der Waals surface area contributed by atoms with Crippen molar-refractivity contribution in [2.75, 3.05) is 18.5 Å². The number of rotatable bonds is 4. The molecule has 1 N–H and O–H groups in total. The number of carbonyl (C=O) groups excluding carboxylic acids is 1. The molecule has 0 spiro atoms. The van der Waals surface area contributed by atoms with Gasteiger partial charge in [-0.1, -0.05) is 24.6 Å². The molecule has 1 aliphatic carbocycles. The van der Waals surface area contributed by atoms with Crippen LogP contribution in [0.3, 0.4) is 0 Å². The monoisotopic (exact) mass is 316 g/mol. The predicted molar refractivity (Wildman–Crippen MR) is 92.5 cm³/mol. The Bertz CT molecular complexity index is 574. The first-order chi connectivity index (χ1) is 11.0. The number of benzene rings is 1. The van der Waals surface area contributed by atoms with E-state index in [0.717, 1.165) is 37.9 Å². The Labute approximate surface area is 139 Å². The van der Waals surface area contributed by atoms with Gasteiger partial charge in [-0.05, 0) is 57.7 Å². The van der Waals surface area contributed by atoms with Crippen LogP contribution in [0.25, 0.3) is 0 Å². The van der Waals surface area contributed by atoms with E-state index in [2.05, 4.69) is 17.9 Å². The van der Waals surface area contributed by atoms with Crippen LogP contribution in [0.5, 0.6) is 0 Å². The van der Waals surface area contributed by atoms with Crippen molar-refractivity contribution in [3.63, 3.8) is 0 Å². The van der Waals surface area contributed by atoms with Crippen LogP contribution in [-0.2, 0) is 11.2 Å². The Morgan fingerprint density at radius 1 is 1.39 bits per heavy atom. The lowest BCUT2D eigenvalue weighted by molar-refractivity contribution is -0.123. The minimum atomic E-state index is -0.203. The third kappa shape index (κ3) is 3.15. The van der Waals surface area contributed by atoms with E-state index in [1.807, 2.05) is 37.1 Å². The molecule has 23 heavy (non-hydrogen) atoms. The minimum Gasteiger partial charge on any atom is -0.393 e. The molecule has 1 aliphatic heterocycles. The number of amides is 1. The van der Waals surface area contributed by atoms with E-state index >= 15 is 0 Å². The van der Waals surface area contributed by atoms with Crippen LogP contribution in [0.2, 0.25) is 0 Å². The van der Waals surface area contributed by atoms with Gasteiger partial charge < -0.3 is 10.0 Å². The maximum absolute atomic E-state index is 13.0. The molecule has 1 fully saturated rings. The molecule has 0 saturated heterocycles. The summed E-state index contributed by atoms with van der Waals surface area (Å²) in [4.78, 5) is 17.1. The number of aliphatic hydroxyl groups is 1. The molecule has 1 amide bonds. The summed E-state index contributed by atoms with van der Waals surface area (Å²) in [5, 5.41) is 10.0. The molecule has 1 aromatic carbocycles. The third-order valence-electron chi connectivity index (χ3n) is 5.60. The number of carbonyl (C=O) groups is 1. The SMILES string of the molecule is CC(C(=O)N1c2ccccc2CC1C)N(C)CC1CCCC1O. The summed E-state index contributed by atoms with van der Waals surface area (Å²) in [5.41, 5.74) is 2.32. The van der Waals surface area contributed by atoms with Crippen molar-refractivity contribution in [3.8, 4) is 0 Å². The average molecular weight is 316 g/mol. The smallest absolute Gasteiger partial charge is 0.244 e. The molecule has 1 saturated carbocycles. The van der Waals surface area contributed by atoms with Crippen LogP contribution in [-0.4, -0.2) is 47.7 Å². The highest BCUT2D eigenvalue weighted by Gasteiger charge is 2.35. The number of anilines is 1. The molecule has 1 heterocycles. The molecule has 0 aromatic heterocycles. The van der Waals surface area contributed by atoms with Gasteiger partial charge in [0.1, 0.15) is 0 Å². The van der Waals surface area contributed by atoms with E-state index in [1.54, 1.807) is 0 Å². The largest absolute Gasteiger partial charge is 0.393 e. The third-order valence-corrected chi connectivity index (χ3v) is 5.60. The topological polar surface area (TPSA) is 43.8 Å². The van der Waals surface area contributed by atoms with E-state index in [4.69, 9.17) is 0 Å². The van der Waals surface area contributed by atoms with Crippen LogP contribution in [0.15, 0.2) is 24.3 Å². The van der Waals surface area contributed by atoms with Gasteiger partial charge in [0.25, 0.3) is 0 Å². The van der Waals surface area contributed by atoms with Crippen molar-refractivity contribution >= 4 is 11.6 Å². The fourth-order valence-electron chi connectivity index (χ4n) is 4.05. The summed E-state index contributed by atoms with van der Waals surface area (Å²) in [7, 11) is 2.00. The second-order valence-corrected chi connectivity index (χ2v) is 7.26. The molecule has 4 unspecified atom stereocenters. The first-order valence-corrected chi connectivity index (χ1v) is 8.78. The van der Waals surface area contributed by atoms with E-state index in [9.17, 15) is 9.90 Å². The lowest BCUT2D eigenvalue weighted by Crippen LogP contribution is -2.49. The van der Waals surface area contributed by atoms with E-state index in [1.165, 1.54) is 5.56 Å². The summed E-state index contributed by atoms with van der Waals surface area (Å²) in [6.45, 7) is 4.89. The van der Waals surface area contributed by atoms with Crippen molar-refractivity contribution in [2.24, 2.45) is 5.92 Å². The number of nitrogens with zero attached hydrogens (tertiary/aromatic N) is 2. The average Bonchev–Trinajstić information content (AvgIpc) is 3.08. The summed E-state index contributed by atoms with van der Waals surface area (Å²) in [6.07, 6.45) is 3.79. The molecular weight excluding hydrogens is 288 g/mol. The molecule has 0 radical (unpaired) electrons. The van der Waals surface area contributed by atoms with Crippen LogP contribution in [0, 0.1) is 5.92 Å². The summed E-state index contributed by atoms with van der Waals surface area (Å²) in [6, 6.07) is 8.24. The molecule has 0 bridgehead atoms. The van der Waals surface area contributed by atoms with Crippen LogP contribution >= 0.6 is 0 Å². The van der Waals surface area contributed by atoms with Crippen molar-refractivity contribution in [3.05, 3.63) is 29.8 Å². The number of likely N-dealkylation sites (N-methyl/N-ethyl adjacent to an activating group) is 1. The number of aliphatic hydroxyl groups excluding tert-OH is 1. The van der Waals surface area contributed by atoms with E-state index in [0.29, 0.717) is 5.92 Å². The molecule has 126 valence electrons. The number of para-hydroxylation sites is 1. The Morgan fingerprint density at radius 2 is 2.13 bits per heavy atom. The summed E-state index contributed by atoms with van der Waals surface area (Å²) >= 11 is 0. The minimum absolute atomic E-state index is 0.164. The molecule has 4 nitrogen and oxygen atoms in total. The molecule has 2 aliphatic rings. The molecule has 3 rings (SSSR count). The fraction of sp³-hybridized carbons (Fsp3) is 0.632. The van der Waals surface area contributed by atoms with E-state index in [-0.39, 0.29) is 24.1 Å². The van der Waals surface area contributed by atoms with Gasteiger partial charge in [0.2, 0.25) is 5.91 Å². The van der Waals surface area contributed by atoms with Gasteiger partial charge in [-0.2, -0.15) is 0 Å². The molecule has 4 atom stereocenters. The highest BCUT2D eigenvalue weighted by molar-refractivity contribution is 5.99. The molecule has 4 heteroatoms. The fourth-order valence-corrected chi connectivity index (χ4v) is 4.05. The number of hydrogen-bond acceptors (Lipinski definition) is 3. The zero-order valence-corrected chi connectivity index (χ0v) is 14.4. The number of fused-ring (bicyclic) bond motifs is 1. The highest BCUT2D eigenvalue weighted by atomic mass is 16.3. The van der Waals surface area contributed by atoms with Crippen molar-refractivity contribution in [1.29, 1.82) is 0 Å². The Hall–Kier alpha value is -1.39. The van der Waals surface area contributed by atoms with E-state index < -0.39 is 0 Å². The molecular formula is C19H28N2O2. The zero-order chi connectivity index (χ0) is 16.6. The Kier molecular flexibility index (Phi) is 4.74. The second kappa shape index (κ2) is 6.62. The van der Waals surface area contributed by atoms with Crippen molar-refractivity contribution in [1.82, 2.24) is 4.90 Å². The Morgan fingerprint density at radius 3 is 2.83 bits per heavy atom. The standard InChI is InChI=1S/C19H28N2O2/c1-13-11-15-7-4-5-9-17(15)21(13)19(23)14(2)20(3)12-16-8-6-10-18(16)22/h4-5,7,9,13-14,16,18,22H,6,8,10-12H2,1-3H3. The summed E-state index contributed by atoms with van der Waals surface area (Å²) < 4.78 is 0. The van der Waals surface area contributed by atoms with Crippen LogP contribution < -0.4 is 4.90 Å². The van der Waals surface area contributed by atoms with Gasteiger partial charge in [-0.25, -0.2) is 0 Å². The Balaban J connectivity index is 1.69. The van der Waals surface area contributed by atoms with Gasteiger partial charge >= 0.3 is 0 Å². The lowest BCUT2D eigenvalue weighted by Gasteiger charge is -2.32. The first-order valence-electron chi connectivity index (χ1n) is 8.78.